The molecular weight excluding hydrogens is 335 g/mol. The van der Waals surface area contributed by atoms with E-state index in [0.717, 1.165) is 36.2 Å². The first-order valence-electron chi connectivity index (χ1n) is 8.06. The van der Waals surface area contributed by atoms with Gasteiger partial charge in [0.1, 0.15) is 0 Å². The number of aromatic nitrogens is 2. The summed E-state index contributed by atoms with van der Waals surface area (Å²) in [5.74, 6) is 0.110. The molecule has 1 aliphatic heterocycles. The molecule has 8 heteroatoms. The van der Waals surface area contributed by atoms with Gasteiger partial charge < -0.3 is 10.1 Å². The van der Waals surface area contributed by atoms with E-state index >= 15 is 0 Å². The number of benzene rings is 1. The van der Waals surface area contributed by atoms with Gasteiger partial charge in [-0.05, 0) is 37.1 Å². The van der Waals surface area contributed by atoms with Crippen molar-refractivity contribution in [3.05, 3.63) is 47.3 Å². The van der Waals surface area contributed by atoms with Crippen molar-refractivity contribution in [3.63, 3.8) is 0 Å². The van der Waals surface area contributed by atoms with E-state index in [2.05, 4.69) is 10.4 Å². The fourth-order valence-corrected chi connectivity index (χ4v) is 2.95. The SMILES string of the molecule is O=C(NC1COCc2c1cnn2-c1ccc(C(F)(F)F)cc1)C1CC1. The van der Waals surface area contributed by atoms with Crippen LogP contribution in [0.5, 0.6) is 0 Å². The third kappa shape index (κ3) is 3.13. The van der Waals surface area contributed by atoms with Gasteiger partial charge in [-0.2, -0.15) is 18.3 Å². The van der Waals surface area contributed by atoms with Crippen LogP contribution >= 0.6 is 0 Å². The fraction of sp³-hybridized carbons (Fsp3) is 0.412. The van der Waals surface area contributed by atoms with Crippen LogP contribution in [0.3, 0.4) is 0 Å². The number of carbonyl (C=O) groups is 1. The second kappa shape index (κ2) is 5.87. The molecule has 4 rings (SSSR count). The zero-order valence-corrected chi connectivity index (χ0v) is 13.2. The van der Waals surface area contributed by atoms with E-state index in [0.29, 0.717) is 18.9 Å². The average molecular weight is 351 g/mol. The molecule has 0 saturated heterocycles. The lowest BCUT2D eigenvalue weighted by Crippen LogP contribution is -2.35. The lowest BCUT2D eigenvalue weighted by atomic mass is 10.1. The molecule has 1 aromatic heterocycles. The number of hydrogen-bond donors (Lipinski definition) is 1. The van der Waals surface area contributed by atoms with Crippen LogP contribution in [0.1, 0.15) is 35.7 Å². The summed E-state index contributed by atoms with van der Waals surface area (Å²) in [5.41, 5.74) is 1.40. The minimum Gasteiger partial charge on any atom is -0.373 e. The average Bonchev–Trinajstić information content (AvgIpc) is 3.34. The third-order valence-corrected chi connectivity index (χ3v) is 4.50. The Hall–Kier alpha value is -2.35. The Bertz CT molecular complexity index is 794. The molecule has 1 fully saturated rings. The Morgan fingerprint density at radius 3 is 2.60 bits per heavy atom. The minimum atomic E-state index is -4.37. The molecule has 2 heterocycles. The maximum atomic E-state index is 12.7. The first-order valence-corrected chi connectivity index (χ1v) is 8.06. The van der Waals surface area contributed by atoms with Crippen LogP contribution in [-0.2, 0) is 22.3 Å². The summed E-state index contributed by atoms with van der Waals surface area (Å²) in [6.45, 7) is 0.663. The highest BCUT2D eigenvalue weighted by molar-refractivity contribution is 5.81. The second-order valence-electron chi connectivity index (χ2n) is 6.35. The van der Waals surface area contributed by atoms with Gasteiger partial charge in [0.15, 0.2) is 0 Å². The van der Waals surface area contributed by atoms with E-state index in [1.807, 2.05) is 0 Å². The number of alkyl halides is 3. The fourth-order valence-electron chi connectivity index (χ4n) is 2.95. The molecule has 0 spiro atoms. The largest absolute Gasteiger partial charge is 0.416 e. The van der Waals surface area contributed by atoms with Gasteiger partial charge in [0.25, 0.3) is 0 Å². The quantitative estimate of drug-likeness (QED) is 0.925. The monoisotopic (exact) mass is 351 g/mol. The molecule has 1 aliphatic carbocycles. The maximum Gasteiger partial charge on any atom is 0.416 e. The molecule has 1 amide bonds. The summed E-state index contributed by atoms with van der Waals surface area (Å²) in [6.07, 6.45) is -0.898. The third-order valence-electron chi connectivity index (χ3n) is 4.50. The maximum absolute atomic E-state index is 12.7. The minimum absolute atomic E-state index is 0.0173. The number of hydrogen-bond acceptors (Lipinski definition) is 3. The number of nitrogens with one attached hydrogen (secondary N) is 1. The molecule has 0 radical (unpaired) electrons. The van der Waals surface area contributed by atoms with Gasteiger partial charge in [-0.1, -0.05) is 0 Å². The molecule has 1 N–H and O–H groups in total. The molecule has 5 nitrogen and oxygen atoms in total. The number of fused-ring (bicyclic) bond motifs is 1. The normalized spacial score (nSPS) is 20.2. The Labute approximate surface area is 141 Å². The van der Waals surface area contributed by atoms with Crippen molar-refractivity contribution in [1.29, 1.82) is 0 Å². The molecule has 1 aromatic carbocycles. The van der Waals surface area contributed by atoms with Crippen LogP contribution in [0.25, 0.3) is 5.69 Å². The van der Waals surface area contributed by atoms with Crippen LogP contribution in [0.2, 0.25) is 0 Å². The summed E-state index contributed by atoms with van der Waals surface area (Å²) < 4.78 is 45.2. The number of halogens is 3. The van der Waals surface area contributed by atoms with Crippen LogP contribution in [0.15, 0.2) is 30.5 Å². The highest BCUT2D eigenvalue weighted by Gasteiger charge is 2.34. The van der Waals surface area contributed by atoms with Crippen molar-refractivity contribution < 1.29 is 22.7 Å². The highest BCUT2D eigenvalue weighted by atomic mass is 19.4. The van der Waals surface area contributed by atoms with Gasteiger partial charge in [0.2, 0.25) is 5.91 Å². The molecule has 25 heavy (non-hydrogen) atoms. The van der Waals surface area contributed by atoms with Gasteiger partial charge in [0.05, 0.1) is 42.4 Å². The second-order valence-corrected chi connectivity index (χ2v) is 6.35. The first-order chi connectivity index (χ1) is 11.9. The van der Waals surface area contributed by atoms with Gasteiger partial charge >= 0.3 is 6.18 Å². The number of amides is 1. The number of rotatable bonds is 3. The highest BCUT2D eigenvalue weighted by Crippen LogP contribution is 2.33. The van der Waals surface area contributed by atoms with Crippen molar-refractivity contribution in [1.82, 2.24) is 15.1 Å². The molecular formula is C17H16F3N3O2. The van der Waals surface area contributed by atoms with Crippen molar-refractivity contribution in [2.45, 2.75) is 31.7 Å². The lowest BCUT2D eigenvalue weighted by molar-refractivity contribution is -0.137. The smallest absolute Gasteiger partial charge is 0.373 e. The zero-order valence-electron chi connectivity index (χ0n) is 13.2. The summed E-state index contributed by atoms with van der Waals surface area (Å²) in [7, 11) is 0. The topological polar surface area (TPSA) is 56.1 Å². The van der Waals surface area contributed by atoms with Crippen LogP contribution in [-0.4, -0.2) is 22.3 Å². The standard InChI is InChI=1S/C17H16F3N3O2/c18-17(19,20)11-3-5-12(6-4-11)23-15-9-25-8-14(13(15)7-21-23)22-16(24)10-1-2-10/h3-7,10,14H,1-2,8-9H2,(H,22,24). The van der Waals surface area contributed by atoms with E-state index in [-0.39, 0.29) is 17.9 Å². The van der Waals surface area contributed by atoms with Crippen molar-refractivity contribution in [2.75, 3.05) is 6.61 Å². The number of carbonyl (C=O) groups excluding carboxylic acids is 1. The summed E-state index contributed by atoms with van der Waals surface area (Å²) >= 11 is 0. The summed E-state index contributed by atoms with van der Waals surface area (Å²) in [5, 5.41) is 7.25. The van der Waals surface area contributed by atoms with Gasteiger partial charge in [-0.25, -0.2) is 4.68 Å². The van der Waals surface area contributed by atoms with Crippen LogP contribution < -0.4 is 5.32 Å². The van der Waals surface area contributed by atoms with Gasteiger partial charge in [-0.3, -0.25) is 4.79 Å². The predicted molar refractivity (Wildman–Crippen MR) is 81.8 cm³/mol. The molecule has 1 unspecified atom stereocenters. The van der Waals surface area contributed by atoms with E-state index in [1.54, 1.807) is 10.9 Å². The zero-order chi connectivity index (χ0) is 17.6. The van der Waals surface area contributed by atoms with Crippen molar-refractivity contribution in [3.8, 4) is 5.69 Å². The van der Waals surface area contributed by atoms with E-state index < -0.39 is 11.7 Å². The van der Waals surface area contributed by atoms with E-state index in [9.17, 15) is 18.0 Å². The predicted octanol–water partition coefficient (Wildman–Crippen LogP) is 2.99. The van der Waals surface area contributed by atoms with Gasteiger partial charge in [0, 0.05) is 11.5 Å². The van der Waals surface area contributed by atoms with Gasteiger partial charge in [-0.15, -0.1) is 0 Å². The lowest BCUT2D eigenvalue weighted by Gasteiger charge is -2.24. The molecule has 1 atom stereocenters. The Morgan fingerprint density at radius 1 is 1.24 bits per heavy atom. The van der Waals surface area contributed by atoms with Crippen molar-refractivity contribution >= 4 is 5.91 Å². The Balaban J connectivity index is 1.60. The molecule has 1 saturated carbocycles. The molecule has 0 bridgehead atoms. The summed E-state index contributed by atoms with van der Waals surface area (Å²) in [4.78, 5) is 12.0. The Morgan fingerprint density at radius 2 is 1.96 bits per heavy atom. The van der Waals surface area contributed by atoms with Crippen LogP contribution in [0, 0.1) is 5.92 Å². The summed E-state index contributed by atoms with van der Waals surface area (Å²) in [6, 6.07) is 4.53. The number of nitrogens with zero attached hydrogens (tertiary/aromatic N) is 2. The van der Waals surface area contributed by atoms with Crippen LogP contribution in [0.4, 0.5) is 13.2 Å². The number of ether oxygens (including phenoxy) is 1. The molecule has 2 aliphatic rings. The van der Waals surface area contributed by atoms with Crippen molar-refractivity contribution in [2.24, 2.45) is 5.92 Å². The molecule has 132 valence electrons. The Kier molecular flexibility index (Phi) is 3.79. The van der Waals surface area contributed by atoms with E-state index in [4.69, 9.17) is 4.74 Å². The van der Waals surface area contributed by atoms with E-state index in [1.165, 1.54) is 12.1 Å². The first kappa shape index (κ1) is 16.1. The molecule has 2 aromatic rings.